The minimum absolute atomic E-state index is 0.825. The molecule has 19 heavy (non-hydrogen) atoms. The summed E-state index contributed by atoms with van der Waals surface area (Å²) in [6.07, 6.45) is 3.35. The van der Waals surface area contributed by atoms with Gasteiger partial charge in [-0.25, -0.2) is 4.98 Å². The molecule has 1 aromatic rings. The monoisotopic (exact) mass is 283 g/mol. The maximum absolute atomic E-state index is 5.52. The van der Waals surface area contributed by atoms with Gasteiger partial charge in [0.1, 0.15) is 0 Å². The Hall–Kier alpha value is -0.650. The van der Waals surface area contributed by atoms with Crippen molar-refractivity contribution in [2.45, 2.75) is 39.7 Å². The van der Waals surface area contributed by atoms with Crippen LogP contribution in [0.1, 0.15) is 37.3 Å². The molecule has 0 amide bonds. The fourth-order valence-electron chi connectivity index (χ4n) is 2.25. The third-order valence-corrected chi connectivity index (χ3v) is 4.44. The second-order valence-corrected chi connectivity index (χ2v) is 5.91. The SMILES string of the molecule is CCCc1nc(N2CCCOCC2)sc1CNCC. The van der Waals surface area contributed by atoms with Crippen LogP contribution in [0.5, 0.6) is 0 Å². The van der Waals surface area contributed by atoms with Crippen molar-refractivity contribution < 1.29 is 4.74 Å². The van der Waals surface area contributed by atoms with E-state index in [0.717, 1.165) is 58.7 Å². The molecular formula is C14H25N3OS. The van der Waals surface area contributed by atoms with Gasteiger partial charge in [0.15, 0.2) is 5.13 Å². The summed E-state index contributed by atoms with van der Waals surface area (Å²) in [5.41, 5.74) is 1.29. The van der Waals surface area contributed by atoms with Gasteiger partial charge in [0.25, 0.3) is 0 Å². The molecule has 1 aliphatic heterocycles. The average molecular weight is 283 g/mol. The minimum Gasteiger partial charge on any atom is -0.380 e. The van der Waals surface area contributed by atoms with Crippen molar-refractivity contribution >= 4 is 16.5 Å². The van der Waals surface area contributed by atoms with E-state index >= 15 is 0 Å². The molecule has 0 unspecified atom stereocenters. The van der Waals surface area contributed by atoms with Crippen molar-refractivity contribution in [3.8, 4) is 0 Å². The van der Waals surface area contributed by atoms with Crippen LogP contribution in [0.3, 0.4) is 0 Å². The molecular weight excluding hydrogens is 258 g/mol. The summed E-state index contributed by atoms with van der Waals surface area (Å²) >= 11 is 1.85. The van der Waals surface area contributed by atoms with Crippen LogP contribution in [-0.2, 0) is 17.7 Å². The Balaban J connectivity index is 2.10. The van der Waals surface area contributed by atoms with Crippen LogP contribution in [0.25, 0.3) is 0 Å². The molecule has 0 saturated carbocycles. The van der Waals surface area contributed by atoms with Crippen molar-refractivity contribution in [3.63, 3.8) is 0 Å². The van der Waals surface area contributed by atoms with Crippen LogP contribution in [0, 0.1) is 0 Å². The average Bonchev–Trinajstić information content (AvgIpc) is 2.65. The van der Waals surface area contributed by atoms with Crippen molar-refractivity contribution in [2.75, 3.05) is 37.7 Å². The zero-order valence-corrected chi connectivity index (χ0v) is 12.9. The van der Waals surface area contributed by atoms with E-state index in [2.05, 4.69) is 24.1 Å². The van der Waals surface area contributed by atoms with Gasteiger partial charge < -0.3 is 15.0 Å². The lowest BCUT2D eigenvalue weighted by atomic mass is 10.2. The van der Waals surface area contributed by atoms with E-state index in [9.17, 15) is 0 Å². The fraction of sp³-hybridized carbons (Fsp3) is 0.786. The molecule has 1 fully saturated rings. The molecule has 5 heteroatoms. The van der Waals surface area contributed by atoms with Crippen molar-refractivity contribution in [3.05, 3.63) is 10.6 Å². The van der Waals surface area contributed by atoms with E-state index in [-0.39, 0.29) is 0 Å². The van der Waals surface area contributed by atoms with E-state index in [1.54, 1.807) is 0 Å². The summed E-state index contributed by atoms with van der Waals surface area (Å²) < 4.78 is 5.52. The molecule has 0 aromatic carbocycles. The van der Waals surface area contributed by atoms with Gasteiger partial charge >= 0.3 is 0 Å². The van der Waals surface area contributed by atoms with Gasteiger partial charge in [0, 0.05) is 31.1 Å². The Labute approximate surface area is 120 Å². The smallest absolute Gasteiger partial charge is 0.185 e. The van der Waals surface area contributed by atoms with Gasteiger partial charge in [-0.3, -0.25) is 0 Å². The Kier molecular flexibility index (Phi) is 6.07. The first-order valence-electron chi connectivity index (χ1n) is 7.37. The zero-order chi connectivity index (χ0) is 13.5. The van der Waals surface area contributed by atoms with Gasteiger partial charge in [0.05, 0.1) is 12.3 Å². The molecule has 0 spiro atoms. The number of rotatable bonds is 6. The highest BCUT2D eigenvalue weighted by molar-refractivity contribution is 7.15. The molecule has 1 saturated heterocycles. The van der Waals surface area contributed by atoms with Crippen molar-refractivity contribution in [1.29, 1.82) is 0 Å². The third kappa shape index (κ3) is 4.16. The second-order valence-electron chi connectivity index (χ2n) is 4.85. The van der Waals surface area contributed by atoms with Gasteiger partial charge in [-0.15, -0.1) is 11.3 Å². The lowest BCUT2D eigenvalue weighted by Crippen LogP contribution is -2.25. The van der Waals surface area contributed by atoms with E-state index in [1.165, 1.54) is 15.7 Å². The summed E-state index contributed by atoms with van der Waals surface area (Å²) in [7, 11) is 0. The summed E-state index contributed by atoms with van der Waals surface area (Å²) in [5, 5.41) is 4.60. The number of thiazole rings is 1. The maximum Gasteiger partial charge on any atom is 0.185 e. The molecule has 4 nitrogen and oxygen atoms in total. The highest BCUT2D eigenvalue weighted by atomic mass is 32.1. The largest absolute Gasteiger partial charge is 0.380 e. The van der Waals surface area contributed by atoms with Gasteiger partial charge in [-0.05, 0) is 19.4 Å². The molecule has 1 N–H and O–H groups in total. The molecule has 1 aliphatic rings. The Bertz CT molecular complexity index is 373. The molecule has 108 valence electrons. The highest BCUT2D eigenvalue weighted by Gasteiger charge is 2.17. The summed E-state index contributed by atoms with van der Waals surface area (Å²) in [4.78, 5) is 8.65. The van der Waals surface area contributed by atoms with E-state index in [0.29, 0.717) is 0 Å². The number of ether oxygens (including phenoxy) is 1. The van der Waals surface area contributed by atoms with Gasteiger partial charge in [-0.2, -0.15) is 0 Å². The van der Waals surface area contributed by atoms with E-state index < -0.39 is 0 Å². The van der Waals surface area contributed by atoms with Crippen LogP contribution in [-0.4, -0.2) is 37.8 Å². The number of aromatic nitrogens is 1. The predicted octanol–water partition coefficient (Wildman–Crippen LogP) is 2.43. The lowest BCUT2D eigenvalue weighted by molar-refractivity contribution is 0.152. The molecule has 1 aromatic heterocycles. The van der Waals surface area contributed by atoms with Crippen LogP contribution < -0.4 is 10.2 Å². The summed E-state index contributed by atoms with van der Waals surface area (Å²) in [5.74, 6) is 0. The first-order chi connectivity index (χ1) is 9.35. The maximum atomic E-state index is 5.52. The standard InChI is InChI=1S/C14H25N3OS/c1-3-6-12-13(11-15-4-2)19-14(16-12)17-7-5-9-18-10-8-17/h15H,3-11H2,1-2H3. The minimum atomic E-state index is 0.825. The summed E-state index contributed by atoms with van der Waals surface area (Å²) in [6.45, 7) is 10.1. The predicted molar refractivity (Wildman–Crippen MR) is 81.1 cm³/mol. The third-order valence-electron chi connectivity index (χ3n) is 3.28. The van der Waals surface area contributed by atoms with Crippen LogP contribution >= 0.6 is 11.3 Å². The Morgan fingerprint density at radius 3 is 3.00 bits per heavy atom. The quantitative estimate of drug-likeness (QED) is 0.870. The number of aryl methyl sites for hydroxylation is 1. The Morgan fingerprint density at radius 1 is 1.32 bits per heavy atom. The van der Waals surface area contributed by atoms with Gasteiger partial charge in [0.2, 0.25) is 0 Å². The number of nitrogens with zero attached hydrogens (tertiary/aromatic N) is 2. The van der Waals surface area contributed by atoms with E-state index in [1.807, 2.05) is 11.3 Å². The first-order valence-corrected chi connectivity index (χ1v) is 8.18. The number of hydrogen-bond donors (Lipinski definition) is 1. The van der Waals surface area contributed by atoms with Crippen LogP contribution in [0.2, 0.25) is 0 Å². The van der Waals surface area contributed by atoms with Gasteiger partial charge in [-0.1, -0.05) is 20.3 Å². The normalized spacial score (nSPS) is 16.6. The second kappa shape index (κ2) is 7.82. The zero-order valence-electron chi connectivity index (χ0n) is 12.1. The lowest BCUT2D eigenvalue weighted by Gasteiger charge is -2.17. The topological polar surface area (TPSA) is 37.4 Å². The molecule has 2 rings (SSSR count). The fourth-order valence-corrected chi connectivity index (χ4v) is 3.38. The van der Waals surface area contributed by atoms with Crippen LogP contribution in [0.15, 0.2) is 0 Å². The molecule has 0 radical (unpaired) electrons. The first kappa shape index (κ1) is 14.8. The number of nitrogens with one attached hydrogen (secondary N) is 1. The summed E-state index contributed by atoms with van der Waals surface area (Å²) in [6, 6.07) is 0. The Morgan fingerprint density at radius 2 is 2.21 bits per heavy atom. The number of anilines is 1. The molecule has 0 atom stereocenters. The number of hydrogen-bond acceptors (Lipinski definition) is 5. The molecule has 2 heterocycles. The molecule has 0 aliphatic carbocycles. The highest BCUT2D eigenvalue weighted by Crippen LogP contribution is 2.28. The van der Waals surface area contributed by atoms with Crippen molar-refractivity contribution in [1.82, 2.24) is 10.3 Å². The van der Waals surface area contributed by atoms with E-state index in [4.69, 9.17) is 9.72 Å². The van der Waals surface area contributed by atoms with Crippen molar-refractivity contribution in [2.24, 2.45) is 0 Å². The molecule has 0 bridgehead atoms. The van der Waals surface area contributed by atoms with Crippen LogP contribution in [0.4, 0.5) is 5.13 Å².